The summed E-state index contributed by atoms with van der Waals surface area (Å²) in [5.74, 6) is 0.590. The quantitative estimate of drug-likeness (QED) is 0.830. The Morgan fingerprint density at radius 3 is 2.78 bits per heavy atom. The van der Waals surface area contributed by atoms with Crippen LogP contribution in [-0.4, -0.2) is 31.3 Å². The number of nitrogens with zero attached hydrogens (tertiary/aromatic N) is 4. The summed E-state index contributed by atoms with van der Waals surface area (Å²) < 4.78 is 1.68. The third kappa shape index (κ3) is 2.37. The smallest absolute Gasteiger partial charge is 0.311 e. The molecule has 6 nitrogen and oxygen atoms in total. The highest BCUT2D eigenvalue weighted by Crippen LogP contribution is 2.42. The molecule has 100 valence electrons. The van der Waals surface area contributed by atoms with Gasteiger partial charge < -0.3 is 5.11 Å². The van der Waals surface area contributed by atoms with Gasteiger partial charge in [0.05, 0.1) is 12.0 Å². The molecule has 0 aromatic carbocycles. The number of carboxylic acids is 1. The van der Waals surface area contributed by atoms with Gasteiger partial charge in [-0.2, -0.15) is 0 Å². The molecule has 0 aliphatic heterocycles. The number of rotatable bonds is 6. The van der Waals surface area contributed by atoms with Gasteiger partial charge in [0.1, 0.15) is 0 Å². The van der Waals surface area contributed by atoms with Crippen LogP contribution in [0.1, 0.15) is 45.4 Å². The molecule has 1 aliphatic carbocycles. The molecule has 6 heteroatoms. The zero-order valence-electron chi connectivity index (χ0n) is 11.0. The molecular weight excluding hydrogens is 232 g/mol. The van der Waals surface area contributed by atoms with Crippen molar-refractivity contribution in [1.82, 2.24) is 20.2 Å². The van der Waals surface area contributed by atoms with Gasteiger partial charge in [0.25, 0.3) is 0 Å². The van der Waals surface area contributed by atoms with Crippen molar-refractivity contribution in [2.24, 2.45) is 11.3 Å². The van der Waals surface area contributed by atoms with Crippen molar-refractivity contribution in [3.05, 3.63) is 5.82 Å². The van der Waals surface area contributed by atoms with Gasteiger partial charge >= 0.3 is 5.97 Å². The van der Waals surface area contributed by atoms with E-state index in [1.54, 1.807) is 4.68 Å². The molecule has 1 aliphatic rings. The van der Waals surface area contributed by atoms with Gasteiger partial charge in [-0.15, -0.1) is 5.10 Å². The van der Waals surface area contributed by atoms with E-state index in [0.29, 0.717) is 12.5 Å². The van der Waals surface area contributed by atoms with Crippen LogP contribution in [0.5, 0.6) is 0 Å². The first-order chi connectivity index (χ1) is 8.57. The molecule has 1 aromatic rings. The predicted octanol–water partition coefficient (Wildman–Crippen LogP) is 1.52. The molecule has 1 fully saturated rings. The van der Waals surface area contributed by atoms with Gasteiger partial charge in [0.15, 0.2) is 5.82 Å². The van der Waals surface area contributed by atoms with E-state index in [1.165, 1.54) is 0 Å². The van der Waals surface area contributed by atoms with Crippen LogP contribution in [-0.2, 0) is 17.8 Å². The topological polar surface area (TPSA) is 80.9 Å². The summed E-state index contributed by atoms with van der Waals surface area (Å²) >= 11 is 0. The second kappa shape index (κ2) is 5.04. The maximum absolute atomic E-state index is 11.3. The van der Waals surface area contributed by atoms with Crippen molar-refractivity contribution in [1.29, 1.82) is 0 Å². The zero-order valence-corrected chi connectivity index (χ0v) is 11.0. The molecule has 1 N–H and O–H groups in total. The van der Waals surface area contributed by atoms with E-state index in [9.17, 15) is 9.90 Å². The maximum Gasteiger partial charge on any atom is 0.311 e. The number of hydrogen-bond donors (Lipinski definition) is 1. The minimum absolute atomic E-state index is 0.404. The summed E-state index contributed by atoms with van der Waals surface area (Å²) in [6.45, 7) is 4.68. The molecule has 0 saturated heterocycles. The second-order valence-electron chi connectivity index (χ2n) is 5.41. The standard InChI is InChI=1S/C12H20N4O2/c1-3-9(2)7-10-13-14-15-16(10)8-12(11(17)18)5-4-6-12/h9H,3-8H2,1-2H3,(H,17,18). The third-order valence-electron chi connectivity index (χ3n) is 4.05. The van der Waals surface area contributed by atoms with E-state index >= 15 is 0 Å². The number of tetrazole rings is 1. The van der Waals surface area contributed by atoms with E-state index in [0.717, 1.165) is 37.9 Å². The monoisotopic (exact) mass is 252 g/mol. The van der Waals surface area contributed by atoms with Gasteiger partial charge in [-0.1, -0.05) is 26.7 Å². The number of aliphatic carboxylic acids is 1. The van der Waals surface area contributed by atoms with Crippen molar-refractivity contribution in [3.8, 4) is 0 Å². The molecule has 18 heavy (non-hydrogen) atoms. The highest BCUT2D eigenvalue weighted by molar-refractivity contribution is 5.75. The molecule has 0 spiro atoms. The molecule has 1 heterocycles. The molecule has 0 amide bonds. The lowest BCUT2D eigenvalue weighted by atomic mass is 9.69. The lowest BCUT2D eigenvalue weighted by Gasteiger charge is -2.37. The molecule has 1 unspecified atom stereocenters. The molecular formula is C12H20N4O2. The Morgan fingerprint density at radius 2 is 2.28 bits per heavy atom. The third-order valence-corrected chi connectivity index (χ3v) is 4.05. The molecule has 1 saturated carbocycles. The Labute approximate surface area is 106 Å². The summed E-state index contributed by atoms with van der Waals surface area (Å²) in [6, 6.07) is 0. The van der Waals surface area contributed by atoms with E-state index < -0.39 is 11.4 Å². The van der Waals surface area contributed by atoms with Crippen molar-refractivity contribution in [2.75, 3.05) is 0 Å². The molecule has 2 rings (SSSR count). The van der Waals surface area contributed by atoms with Crippen molar-refractivity contribution in [3.63, 3.8) is 0 Å². The average Bonchev–Trinajstić information content (AvgIpc) is 2.70. The average molecular weight is 252 g/mol. The van der Waals surface area contributed by atoms with Crippen LogP contribution in [0.4, 0.5) is 0 Å². The zero-order chi connectivity index (χ0) is 13.2. The highest BCUT2D eigenvalue weighted by Gasteiger charge is 2.45. The molecule has 0 radical (unpaired) electrons. The number of carbonyl (C=O) groups is 1. The predicted molar refractivity (Wildman–Crippen MR) is 64.9 cm³/mol. The first kappa shape index (κ1) is 13.0. The second-order valence-corrected chi connectivity index (χ2v) is 5.41. The first-order valence-corrected chi connectivity index (χ1v) is 6.56. The maximum atomic E-state index is 11.3. The van der Waals surface area contributed by atoms with E-state index in [1.807, 2.05) is 0 Å². The fraction of sp³-hybridized carbons (Fsp3) is 0.833. The van der Waals surface area contributed by atoms with Gasteiger partial charge in [0, 0.05) is 6.42 Å². The van der Waals surface area contributed by atoms with Crippen LogP contribution in [0, 0.1) is 11.3 Å². The lowest BCUT2D eigenvalue weighted by Crippen LogP contribution is -2.42. The van der Waals surface area contributed by atoms with Crippen LogP contribution in [0.25, 0.3) is 0 Å². The molecule has 1 aromatic heterocycles. The van der Waals surface area contributed by atoms with Crippen molar-refractivity contribution >= 4 is 5.97 Å². The SMILES string of the molecule is CCC(C)Cc1nnnn1CC1(C(=O)O)CCC1. The first-order valence-electron chi connectivity index (χ1n) is 6.56. The summed E-state index contributed by atoms with van der Waals surface area (Å²) in [4.78, 5) is 11.3. The van der Waals surface area contributed by atoms with Crippen LogP contribution in [0.2, 0.25) is 0 Å². The Morgan fingerprint density at radius 1 is 1.56 bits per heavy atom. The van der Waals surface area contributed by atoms with Crippen LogP contribution in [0.3, 0.4) is 0 Å². The minimum Gasteiger partial charge on any atom is -0.481 e. The van der Waals surface area contributed by atoms with Crippen LogP contribution in [0.15, 0.2) is 0 Å². The number of carboxylic acid groups (broad SMARTS) is 1. The highest BCUT2D eigenvalue weighted by atomic mass is 16.4. The summed E-state index contributed by atoms with van der Waals surface area (Å²) in [5.41, 5.74) is -0.639. The van der Waals surface area contributed by atoms with Crippen LogP contribution < -0.4 is 0 Å². The molecule has 1 atom stereocenters. The number of aromatic nitrogens is 4. The van der Waals surface area contributed by atoms with E-state index in [2.05, 4.69) is 29.4 Å². The van der Waals surface area contributed by atoms with Crippen molar-refractivity contribution < 1.29 is 9.90 Å². The van der Waals surface area contributed by atoms with E-state index in [-0.39, 0.29) is 0 Å². The fourth-order valence-electron chi connectivity index (χ4n) is 2.28. The minimum atomic E-state index is -0.723. The van der Waals surface area contributed by atoms with Gasteiger partial charge in [-0.05, 0) is 29.2 Å². The number of hydrogen-bond acceptors (Lipinski definition) is 4. The summed E-state index contributed by atoms with van der Waals surface area (Å²) in [6.07, 6.45) is 4.31. The largest absolute Gasteiger partial charge is 0.481 e. The van der Waals surface area contributed by atoms with Gasteiger partial charge in [-0.25, -0.2) is 4.68 Å². The summed E-state index contributed by atoms with van der Waals surface area (Å²) in [5, 5.41) is 21.0. The van der Waals surface area contributed by atoms with Crippen LogP contribution >= 0.6 is 0 Å². The lowest BCUT2D eigenvalue weighted by molar-refractivity contribution is -0.156. The fourth-order valence-corrected chi connectivity index (χ4v) is 2.28. The normalized spacial score (nSPS) is 19.2. The van der Waals surface area contributed by atoms with E-state index in [4.69, 9.17) is 0 Å². The Balaban J connectivity index is 2.10. The summed E-state index contributed by atoms with van der Waals surface area (Å²) in [7, 11) is 0. The van der Waals surface area contributed by atoms with Gasteiger partial charge in [-0.3, -0.25) is 4.79 Å². The van der Waals surface area contributed by atoms with Crippen molar-refractivity contribution in [2.45, 2.75) is 52.5 Å². The molecule has 0 bridgehead atoms. The van der Waals surface area contributed by atoms with Gasteiger partial charge in [0.2, 0.25) is 0 Å². The Kier molecular flexibility index (Phi) is 3.63. The Bertz CT molecular complexity index is 425. The Hall–Kier alpha value is -1.46.